The number of carbonyl (C=O) groups is 1. The summed E-state index contributed by atoms with van der Waals surface area (Å²) in [7, 11) is 0. The maximum Gasteiger partial charge on any atom is 0.312 e. The van der Waals surface area contributed by atoms with Crippen LogP contribution >= 0.6 is 0 Å². The number of pyridine rings is 1. The molecule has 82 valence electrons. The summed E-state index contributed by atoms with van der Waals surface area (Å²) in [6.07, 6.45) is 3.61. The number of aromatic nitrogens is 3. The van der Waals surface area contributed by atoms with Crippen LogP contribution in [0.25, 0.3) is 0 Å². The Morgan fingerprint density at radius 2 is 2.38 bits per heavy atom. The summed E-state index contributed by atoms with van der Waals surface area (Å²) >= 11 is 0. The molecular weight excluding hydrogens is 210 g/mol. The van der Waals surface area contributed by atoms with Crippen LogP contribution in [-0.4, -0.2) is 26.2 Å². The van der Waals surface area contributed by atoms with E-state index in [1.165, 1.54) is 0 Å². The lowest BCUT2D eigenvalue weighted by Gasteiger charge is -1.93. The molecule has 0 aliphatic rings. The molecule has 0 atom stereocenters. The second-order valence-electron chi connectivity index (χ2n) is 3.21. The van der Waals surface area contributed by atoms with Crippen molar-refractivity contribution >= 4 is 5.97 Å². The van der Waals surface area contributed by atoms with Gasteiger partial charge < -0.3 is 9.63 Å². The Kier molecular flexibility index (Phi) is 2.90. The number of nitrogens with zero attached hydrogens (tertiary/aromatic N) is 3. The van der Waals surface area contributed by atoms with Crippen LogP contribution < -0.4 is 0 Å². The van der Waals surface area contributed by atoms with Crippen molar-refractivity contribution in [3.05, 3.63) is 41.8 Å². The van der Waals surface area contributed by atoms with Gasteiger partial charge in [0.25, 0.3) is 0 Å². The van der Waals surface area contributed by atoms with Gasteiger partial charge in [-0.3, -0.25) is 9.78 Å². The quantitative estimate of drug-likeness (QED) is 0.813. The van der Waals surface area contributed by atoms with Crippen molar-refractivity contribution in [3.8, 4) is 0 Å². The first-order chi connectivity index (χ1) is 7.74. The van der Waals surface area contributed by atoms with Crippen LogP contribution in [0.3, 0.4) is 0 Å². The molecule has 0 unspecified atom stereocenters. The van der Waals surface area contributed by atoms with Crippen molar-refractivity contribution in [1.82, 2.24) is 15.1 Å². The third-order valence-corrected chi connectivity index (χ3v) is 1.90. The zero-order valence-corrected chi connectivity index (χ0v) is 8.33. The molecule has 0 aliphatic heterocycles. The van der Waals surface area contributed by atoms with Gasteiger partial charge in [0.2, 0.25) is 5.89 Å². The average Bonchev–Trinajstić information content (AvgIpc) is 2.66. The molecule has 6 heteroatoms. The van der Waals surface area contributed by atoms with E-state index < -0.39 is 5.97 Å². The Labute approximate surface area is 90.9 Å². The van der Waals surface area contributed by atoms with Gasteiger partial charge in [-0.2, -0.15) is 4.98 Å². The van der Waals surface area contributed by atoms with E-state index in [-0.39, 0.29) is 12.3 Å². The lowest BCUT2D eigenvalue weighted by atomic mass is 10.2. The van der Waals surface area contributed by atoms with Gasteiger partial charge in [-0.1, -0.05) is 11.2 Å². The molecule has 6 nitrogen and oxygen atoms in total. The molecule has 0 aliphatic carbocycles. The molecule has 0 saturated carbocycles. The molecule has 0 fully saturated rings. The van der Waals surface area contributed by atoms with Crippen molar-refractivity contribution < 1.29 is 14.4 Å². The Morgan fingerprint density at radius 3 is 3.06 bits per heavy atom. The first-order valence-electron chi connectivity index (χ1n) is 4.66. The highest BCUT2D eigenvalue weighted by atomic mass is 16.5. The summed E-state index contributed by atoms with van der Waals surface area (Å²) in [5, 5.41) is 12.2. The van der Waals surface area contributed by atoms with Gasteiger partial charge in [-0.05, 0) is 11.6 Å². The average molecular weight is 219 g/mol. The highest BCUT2D eigenvalue weighted by molar-refractivity contribution is 5.68. The standard InChI is InChI=1S/C10H9N3O3/c14-10(15)5-9-12-8(13-16-9)4-7-2-1-3-11-6-7/h1-3,6H,4-5H2,(H,14,15). The van der Waals surface area contributed by atoms with Crippen molar-refractivity contribution in [1.29, 1.82) is 0 Å². The number of hydrogen-bond acceptors (Lipinski definition) is 5. The van der Waals surface area contributed by atoms with Crippen LogP contribution in [0.2, 0.25) is 0 Å². The van der Waals surface area contributed by atoms with Crippen LogP contribution in [-0.2, 0) is 17.6 Å². The fraction of sp³-hybridized carbons (Fsp3) is 0.200. The molecule has 0 spiro atoms. The topological polar surface area (TPSA) is 89.1 Å². The second kappa shape index (κ2) is 4.52. The predicted molar refractivity (Wildman–Crippen MR) is 52.7 cm³/mol. The van der Waals surface area contributed by atoms with E-state index in [1.54, 1.807) is 12.4 Å². The molecule has 2 heterocycles. The number of carboxylic acids is 1. The summed E-state index contributed by atoms with van der Waals surface area (Å²) in [5.74, 6) is -0.410. The van der Waals surface area contributed by atoms with E-state index in [9.17, 15) is 4.79 Å². The van der Waals surface area contributed by atoms with Crippen molar-refractivity contribution in [2.24, 2.45) is 0 Å². The molecular formula is C10H9N3O3. The lowest BCUT2D eigenvalue weighted by Crippen LogP contribution is -2.00. The van der Waals surface area contributed by atoms with E-state index in [4.69, 9.17) is 9.63 Å². The first-order valence-corrected chi connectivity index (χ1v) is 4.66. The summed E-state index contributed by atoms with van der Waals surface area (Å²) in [5.41, 5.74) is 0.949. The minimum absolute atomic E-state index is 0.117. The van der Waals surface area contributed by atoms with Gasteiger partial charge in [-0.15, -0.1) is 0 Å². The molecule has 0 aromatic carbocycles. The predicted octanol–water partition coefficient (Wildman–Crippen LogP) is 0.683. The molecule has 0 saturated heterocycles. The Bertz CT molecular complexity index is 481. The number of aliphatic carboxylic acids is 1. The van der Waals surface area contributed by atoms with Crippen LogP contribution in [0.4, 0.5) is 0 Å². The minimum atomic E-state index is -0.989. The summed E-state index contributed by atoms with van der Waals surface area (Å²) in [6.45, 7) is 0. The van der Waals surface area contributed by atoms with Crippen LogP contribution in [0.5, 0.6) is 0 Å². The smallest absolute Gasteiger partial charge is 0.312 e. The molecule has 0 amide bonds. The molecule has 2 rings (SSSR count). The molecule has 0 radical (unpaired) electrons. The van der Waals surface area contributed by atoms with Crippen LogP contribution in [0.1, 0.15) is 17.3 Å². The number of carboxylic acid groups (broad SMARTS) is 1. The zero-order valence-electron chi connectivity index (χ0n) is 8.33. The molecule has 0 bridgehead atoms. The maximum atomic E-state index is 10.4. The first kappa shape index (κ1) is 10.3. The molecule has 2 aromatic rings. The van der Waals surface area contributed by atoms with Gasteiger partial charge in [-0.25, -0.2) is 0 Å². The monoisotopic (exact) mass is 219 g/mol. The summed E-state index contributed by atoms with van der Waals surface area (Å²) < 4.78 is 4.79. The largest absolute Gasteiger partial charge is 0.481 e. The van der Waals surface area contributed by atoms with E-state index in [0.717, 1.165) is 5.56 Å². The number of rotatable bonds is 4. The van der Waals surface area contributed by atoms with E-state index >= 15 is 0 Å². The van der Waals surface area contributed by atoms with E-state index in [2.05, 4.69) is 15.1 Å². The van der Waals surface area contributed by atoms with Crippen molar-refractivity contribution in [3.63, 3.8) is 0 Å². The van der Waals surface area contributed by atoms with E-state index in [1.807, 2.05) is 12.1 Å². The summed E-state index contributed by atoms with van der Waals surface area (Å²) in [4.78, 5) is 18.3. The zero-order chi connectivity index (χ0) is 11.4. The molecule has 16 heavy (non-hydrogen) atoms. The molecule has 2 aromatic heterocycles. The van der Waals surface area contributed by atoms with Gasteiger partial charge >= 0.3 is 5.97 Å². The SMILES string of the molecule is O=C(O)Cc1nc(Cc2cccnc2)no1. The fourth-order valence-electron chi connectivity index (χ4n) is 1.25. The Hall–Kier alpha value is -2.24. The van der Waals surface area contributed by atoms with Crippen LogP contribution in [0, 0.1) is 0 Å². The highest BCUT2D eigenvalue weighted by Crippen LogP contribution is 2.05. The number of hydrogen-bond donors (Lipinski definition) is 1. The molecule has 1 N–H and O–H groups in total. The lowest BCUT2D eigenvalue weighted by molar-refractivity contribution is -0.136. The van der Waals surface area contributed by atoms with Crippen molar-refractivity contribution in [2.75, 3.05) is 0 Å². The van der Waals surface area contributed by atoms with E-state index in [0.29, 0.717) is 12.2 Å². The maximum absolute atomic E-state index is 10.4. The normalized spacial score (nSPS) is 10.2. The van der Waals surface area contributed by atoms with Gasteiger partial charge in [0, 0.05) is 18.8 Å². The van der Waals surface area contributed by atoms with Gasteiger partial charge in [0.15, 0.2) is 5.82 Å². The highest BCUT2D eigenvalue weighted by Gasteiger charge is 2.10. The summed E-state index contributed by atoms with van der Waals surface area (Å²) in [6, 6.07) is 3.70. The van der Waals surface area contributed by atoms with Gasteiger partial charge in [0.1, 0.15) is 6.42 Å². The third-order valence-electron chi connectivity index (χ3n) is 1.90. The third kappa shape index (κ3) is 2.63. The van der Waals surface area contributed by atoms with Crippen LogP contribution in [0.15, 0.2) is 29.0 Å². The van der Waals surface area contributed by atoms with Crippen molar-refractivity contribution in [2.45, 2.75) is 12.8 Å². The fourth-order valence-corrected chi connectivity index (χ4v) is 1.25. The Morgan fingerprint density at radius 1 is 1.50 bits per heavy atom. The Balaban J connectivity index is 2.06. The van der Waals surface area contributed by atoms with Gasteiger partial charge in [0.05, 0.1) is 0 Å². The minimum Gasteiger partial charge on any atom is -0.481 e. The second-order valence-corrected chi connectivity index (χ2v) is 3.21.